The zero-order valence-electron chi connectivity index (χ0n) is 16.4. The van der Waals surface area contributed by atoms with Gasteiger partial charge in [0.1, 0.15) is 18.1 Å². The van der Waals surface area contributed by atoms with E-state index >= 15 is 0 Å². The van der Waals surface area contributed by atoms with Crippen LogP contribution >= 0.6 is 0 Å². The van der Waals surface area contributed by atoms with E-state index in [0.717, 1.165) is 28.9 Å². The molecule has 0 saturated heterocycles. The molecule has 140 valence electrons. The van der Waals surface area contributed by atoms with Gasteiger partial charge in [-0.3, -0.25) is 4.79 Å². The van der Waals surface area contributed by atoms with Crippen molar-refractivity contribution in [2.45, 2.75) is 40.7 Å². The van der Waals surface area contributed by atoms with Crippen LogP contribution in [0.25, 0.3) is 0 Å². The van der Waals surface area contributed by atoms with Gasteiger partial charge in [0.25, 0.3) is 5.91 Å². The molecule has 0 radical (unpaired) electrons. The van der Waals surface area contributed by atoms with Gasteiger partial charge in [0.2, 0.25) is 0 Å². The van der Waals surface area contributed by atoms with Gasteiger partial charge in [0.15, 0.2) is 0 Å². The van der Waals surface area contributed by atoms with Crippen molar-refractivity contribution in [2.75, 3.05) is 13.7 Å². The second-order valence-corrected chi connectivity index (χ2v) is 7.08. The molecular weight excluding hydrogens is 326 g/mol. The molecule has 0 unspecified atom stereocenters. The summed E-state index contributed by atoms with van der Waals surface area (Å²) in [4.78, 5) is 12.3. The van der Waals surface area contributed by atoms with Crippen molar-refractivity contribution in [3.63, 3.8) is 0 Å². The number of hydrogen-bond acceptors (Lipinski definition) is 3. The normalized spacial score (nSPS) is 10.7. The Hall–Kier alpha value is -2.49. The molecule has 2 aromatic rings. The number of ether oxygens (including phenoxy) is 2. The monoisotopic (exact) mass is 355 g/mol. The number of aryl methyl sites for hydroxylation is 2. The summed E-state index contributed by atoms with van der Waals surface area (Å²) >= 11 is 0. The van der Waals surface area contributed by atoms with Crippen LogP contribution in [-0.2, 0) is 6.61 Å². The summed E-state index contributed by atoms with van der Waals surface area (Å²) < 4.78 is 11.3. The second-order valence-electron chi connectivity index (χ2n) is 7.08. The molecule has 0 aliphatic heterocycles. The average Bonchev–Trinajstić information content (AvgIpc) is 2.58. The van der Waals surface area contributed by atoms with Crippen LogP contribution in [0.4, 0.5) is 0 Å². The molecule has 2 rings (SSSR count). The number of carbonyl (C=O) groups is 1. The lowest BCUT2D eigenvalue weighted by Gasteiger charge is -2.13. The Morgan fingerprint density at radius 2 is 1.77 bits per heavy atom. The molecule has 2 aromatic carbocycles. The molecule has 0 bridgehead atoms. The number of benzene rings is 2. The van der Waals surface area contributed by atoms with Crippen LogP contribution in [0.1, 0.15) is 47.3 Å². The Labute approximate surface area is 156 Å². The minimum atomic E-state index is -0.0686. The molecule has 0 aliphatic rings. The maximum atomic E-state index is 12.3. The van der Waals surface area contributed by atoms with Gasteiger partial charge in [-0.05, 0) is 67.6 Å². The number of methoxy groups -OCH3 is 1. The smallest absolute Gasteiger partial charge is 0.251 e. The first-order valence-corrected chi connectivity index (χ1v) is 9.05. The predicted molar refractivity (Wildman–Crippen MR) is 105 cm³/mol. The van der Waals surface area contributed by atoms with Gasteiger partial charge in [0.05, 0.1) is 7.11 Å². The Morgan fingerprint density at radius 1 is 1.08 bits per heavy atom. The van der Waals surface area contributed by atoms with E-state index in [2.05, 4.69) is 25.2 Å². The molecule has 0 saturated carbocycles. The summed E-state index contributed by atoms with van der Waals surface area (Å²) in [5, 5.41) is 2.96. The summed E-state index contributed by atoms with van der Waals surface area (Å²) in [7, 11) is 1.62. The molecule has 0 aromatic heterocycles. The summed E-state index contributed by atoms with van der Waals surface area (Å²) in [6.45, 7) is 9.39. The molecule has 0 fully saturated rings. The van der Waals surface area contributed by atoms with Crippen LogP contribution in [0.15, 0.2) is 36.4 Å². The van der Waals surface area contributed by atoms with Gasteiger partial charge in [-0.15, -0.1) is 0 Å². The van der Waals surface area contributed by atoms with Crippen LogP contribution in [0.2, 0.25) is 0 Å². The van der Waals surface area contributed by atoms with Crippen LogP contribution in [-0.4, -0.2) is 19.6 Å². The Balaban J connectivity index is 2.09. The minimum Gasteiger partial charge on any atom is -0.496 e. The van der Waals surface area contributed by atoms with Crippen LogP contribution in [0.3, 0.4) is 0 Å². The van der Waals surface area contributed by atoms with Gasteiger partial charge in [0, 0.05) is 17.7 Å². The SMILES string of the molecule is COc1ccc(C(=O)NCCC(C)C)cc1COc1cc(C)cc(C)c1. The van der Waals surface area contributed by atoms with E-state index in [9.17, 15) is 4.79 Å². The van der Waals surface area contributed by atoms with E-state index in [1.807, 2.05) is 38.1 Å². The highest BCUT2D eigenvalue weighted by molar-refractivity contribution is 5.94. The van der Waals surface area contributed by atoms with Crippen molar-refractivity contribution in [3.05, 3.63) is 58.7 Å². The highest BCUT2D eigenvalue weighted by atomic mass is 16.5. The fraction of sp³-hybridized carbons (Fsp3) is 0.409. The molecule has 4 nitrogen and oxygen atoms in total. The number of amides is 1. The maximum Gasteiger partial charge on any atom is 0.251 e. The third-order valence-corrected chi connectivity index (χ3v) is 4.14. The van der Waals surface area contributed by atoms with Gasteiger partial charge in [-0.2, -0.15) is 0 Å². The molecule has 4 heteroatoms. The molecule has 26 heavy (non-hydrogen) atoms. The lowest BCUT2D eigenvalue weighted by atomic mass is 10.1. The number of nitrogens with one attached hydrogen (secondary N) is 1. The van der Waals surface area contributed by atoms with E-state index in [4.69, 9.17) is 9.47 Å². The van der Waals surface area contributed by atoms with Crippen molar-refractivity contribution >= 4 is 5.91 Å². The first kappa shape index (κ1) is 19.8. The first-order chi connectivity index (χ1) is 12.4. The Bertz CT molecular complexity index is 733. The lowest BCUT2D eigenvalue weighted by Crippen LogP contribution is -2.25. The zero-order chi connectivity index (χ0) is 19.1. The summed E-state index contributed by atoms with van der Waals surface area (Å²) in [6, 6.07) is 11.5. The minimum absolute atomic E-state index is 0.0686. The largest absolute Gasteiger partial charge is 0.496 e. The van der Waals surface area contributed by atoms with Crippen LogP contribution in [0.5, 0.6) is 11.5 Å². The fourth-order valence-electron chi connectivity index (χ4n) is 2.79. The summed E-state index contributed by atoms with van der Waals surface area (Å²) in [5.41, 5.74) is 3.78. The van der Waals surface area contributed by atoms with Crippen molar-refractivity contribution in [1.82, 2.24) is 5.32 Å². The molecule has 0 aliphatic carbocycles. The van der Waals surface area contributed by atoms with Crippen molar-refractivity contribution in [1.29, 1.82) is 0 Å². The molecular formula is C22H29NO3. The topological polar surface area (TPSA) is 47.6 Å². The van der Waals surface area contributed by atoms with Crippen molar-refractivity contribution < 1.29 is 14.3 Å². The van der Waals surface area contributed by atoms with E-state index in [1.54, 1.807) is 13.2 Å². The number of hydrogen-bond donors (Lipinski definition) is 1. The van der Waals surface area contributed by atoms with Gasteiger partial charge in [-0.25, -0.2) is 0 Å². The predicted octanol–water partition coefficient (Wildman–Crippen LogP) is 4.67. The third kappa shape index (κ3) is 5.80. The molecule has 1 N–H and O–H groups in total. The molecule has 1 amide bonds. The van der Waals surface area contributed by atoms with E-state index < -0.39 is 0 Å². The highest BCUT2D eigenvalue weighted by Gasteiger charge is 2.11. The third-order valence-electron chi connectivity index (χ3n) is 4.14. The Kier molecular flexibility index (Phi) is 7.07. The molecule has 0 heterocycles. The summed E-state index contributed by atoms with van der Waals surface area (Å²) in [6.07, 6.45) is 0.963. The van der Waals surface area contributed by atoms with Crippen molar-refractivity contribution in [3.8, 4) is 11.5 Å². The van der Waals surface area contributed by atoms with Crippen LogP contribution < -0.4 is 14.8 Å². The van der Waals surface area contributed by atoms with Gasteiger partial charge >= 0.3 is 0 Å². The average molecular weight is 355 g/mol. The summed E-state index contributed by atoms with van der Waals surface area (Å²) in [5.74, 6) is 2.03. The van der Waals surface area contributed by atoms with E-state index in [0.29, 0.717) is 30.4 Å². The first-order valence-electron chi connectivity index (χ1n) is 9.05. The maximum absolute atomic E-state index is 12.3. The zero-order valence-corrected chi connectivity index (χ0v) is 16.4. The quantitative estimate of drug-likeness (QED) is 0.749. The van der Waals surface area contributed by atoms with Crippen LogP contribution in [0, 0.1) is 19.8 Å². The number of rotatable bonds is 8. The number of carbonyl (C=O) groups excluding carboxylic acids is 1. The highest BCUT2D eigenvalue weighted by Crippen LogP contribution is 2.23. The molecule has 0 spiro atoms. The Morgan fingerprint density at radius 3 is 2.38 bits per heavy atom. The van der Waals surface area contributed by atoms with E-state index in [1.165, 1.54) is 0 Å². The fourth-order valence-corrected chi connectivity index (χ4v) is 2.79. The molecule has 0 atom stereocenters. The van der Waals surface area contributed by atoms with E-state index in [-0.39, 0.29) is 5.91 Å². The van der Waals surface area contributed by atoms with Crippen molar-refractivity contribution in [2.24, 2.45) is 5.92 Å². The second kappa shape index (κ2) is 9.27. The van der Waals surface area contributed by atoms with Gasteiger partial charge < -0.3 is 14.8 Å². The van der Waals surface area contributed by atoms with Gasteiger partial charge in [-0.1, -0.05) is 19.9 Å². The standard InChI is InChI=1S/C22H29NO3/c1-15(2)8-9-23-22(24)18-6-7-21(25-5)19(13-18)14-26-20-11-16(3)10-17(4)12-20/h6-7,10-13,15H,8-9,14H2,1-5H3,(H,23,24). The lowest BCUT2D eigenvalue weighted by molar-refractivity contribution is 0.0952.